The fourth-order valence-electron chi connectivity index (χ4n) is 2.25. The Morgan fingerprint density at radius 2 is 1.78 bits per heavy atom. The van der Waals surface area contributed by atoms with E-state index in [1.807, 2.05) is 12.1 Å². The Balaban J connectivity index is 2.70. The predicted molar refractivity (Wildman–Crippen MR) is 94.2 cm³/mol. The van der Waals surface area contributed by atoms with Crippen LogP contribution in [0.5, 0.6) is 0 Å². The van der Waals surface area contributed by atoms with Crippen molar-refractivity contribution in [1.82, 2.24) is 10.6 Å². The first-order chi connectivity index (χ1) is 12.8. The molecule has 4 N–H and O–H groups in total. The number of aliphatic carboxylic acids is 1. The molecule has 9 heteroatoms. The summed E-state index contributed by atoms with van der Waals surface area (Å²) in [5.41, 5.74) is 0.738. The van der Waals surface area contributed by atoms with Gasteiger partial charge in [0.05, 0.1) is 12.2 Å². The Bertz CT molecular complexity index is 686. The molecule has 0 aromatic heterocycles. The van der Waals surface area contributed by atoms with Gasteiger partial charge in [-0.05, 0) is 12.5 Å². The van der Waals surface area contributed by atoms with Crippen LogP contribution in [0.1, 0.15) is 25.8 Å². The summed E-state index contributed by atoms with van der Waals surface area (Å²) in [6.45, 7) is 2.75. The maximum absolute atomic E-state index is 12.3. The summed E-state index contributed by atoms with van der Waals surface area (Å²) in [6.07, 6.45) is -2.31. The van der Waals surface area contributed by atoms with Crippen molar-refractivity contribution in [3.63, 3.8) is 0 Å². The van der Waals surface area contributed by atoms with Crippen molar-refractivity contribution in [2.45, 2.75) is 45.1 Å². The molecule has 9 nitrogen and oxygen atoms in total. The summed E-state index contributed by atoms with van der Waals surface area (Å²) in [5.74, 6) is -2.86. The van der Waals surface area contributed by atoms with Crippen LogP contribution in [0.2, 0.25) is 0 Å². The van der Waals surface area contributed by atoms with Crippen LogP contribution in [0.25, 0.3) is 0 Å². The quantitative estimate of drug-likeness (QED) is 0.497. The van der Waals surface area contributed by atoms with Gasteiger partial charge >= 0.3 is 12.1 Å². The number of nitrogens with zero attached hydrogens (tertiary/aromatic N) is 1. The van der Waals surface area contributed by atoms with E-state index >= 15 is 0 Å². The van der Waals surface area contributed by atoms with Crippen molar-refractivity contribution in [3.05, 3.63) is 35.9 Å². The molecule has 27 heavy (non-hydrogen) atoms. The van der Waals surface area contributed by atoms with Crippen LogP contribution < -0.4 is 10.6 Å². The fraction of sp³-hybridized carbons (Fsp3) is 0.444. The van der Waals surface area contributed by atoms with E-state index in [1.165, 1.54) is 13.8 Å². The molecule has 0 saturated heterocycles. The molecule has 0 radical (unpaired) electrons. The van der Waals surface area contributed by atoms with Gasteiger partial charge in [0.2, 0.25) is 5.91 Å². The molecule has 2 amide bonds. The molecular formula is C18H23N3O6. The van der Waals surface area contributed by atoms with Crippen LogP contribution in [0, 0.1) is 17.2 Å². The highest BCUT2D eigenvalue weighted by atomic mass is 16.5. The van der Waals surface area contributed by atoms with E-state index in [1.54, 1.807) is 24.3 Å². The zero-order chi connectivity index (χ0) is 20.4. The molecule has 0 saturated carbocycles. The van der Waals surface area contributed by atoms with Crippen LogP contribution in [-0.2, 0) is 20.9 Å². The number of carbonyl (C=O) groups excluding carboxylic acids is 2. The second-order valence-corrected chi connectivity index (χ2v) is 6.09. The van der Waals surface area contributed by atoms with E-state index in [0.29, 0.717) is 0 Å². The lowest BCUT2D eigenvalue weighted by molar-refractivity contribution is -0.144. The van der Waals surface area contributed by atoms with Crippen LogP contribution >= 0.6 is 0 Å². The van der Waals surface area contributed by atoms with Crippen LogP contribution in [0.3, 0.4) is 0 Å². The zero-order valence-electron chi connectivity index (χ0n) is 15.1. The summed E-state index contributed by atoms with van der Waals surface area (Å²) in [4.78, 5) is 35.6. The Morgan fingerprint density at radius 3 is 2.30 bits per heavy atom. The summed E-state index contributed by atoms with van der Waals surface area (Å²) < 4.78 is 5.00. The Kier molecular flexibility index (Phi) is 8.75. The molecule has 0 spiro atoms. The van der Waals surface area contributed by atoms with E-state index in [4.69, 9.17) is 10.00 Å². The SMILES string of the molecule is C[C@@H](O)[C@H](NC(=O)OCc1ccccc1)C(=O)N[C@@H](C(=O)O)[C@@H](C)CC#N. The fourth-order valence-corrected chi connectivity index (χ4v) is 2.25. The lowest BCUT2D eigenvalue weighted by Gasteiger charge is -2.25. The molecule has 0 aliphatic carbocycles. The minimum absolute atomic E-state index is 0.0300. The van der Waals surface area contributed by atoms with Gasteiger partial charge in [0, 0.05) is 12.3 Å². The van der Waals surface area contributed by atoms with Gasteiger partial charge in [0.1, 0.15) is 18.7 Å². The number of alkyl carbamates (subject to hydrolysis) is 1. The number of carbonyl (C=O) groups is 3. The van der Waals surface area contributed by atoms with Crippen molar-refractivity contribution < 1.29 is 29.3 Å². The van der Waals surface area contributed by atoms with Crippen molar-refractivity contribution in [3.8, 4) is 6.07 Å². The van der Waals surface area contributed by atoms with Gasteiger partial charge in [0.15, 0.2) is 0 Å². The van der Waals surface area contributed by atoms with E-state index in [0.717, 1.165) is 5.56 Å². The third-order valence-electron chi connectivity index (χ3n) is 3.80. The molecule has 4 atom stereocenters. The molecule has 1 rings (SSSR count). The highest BCUT2D eigenvalue weighted by Gasteiger charge is 2.32. The second kappa shape index (κ2) is 10.8. The van der Waals surface area contributed by atoms with E-state index in [2.05, 4.69) is 10.6 Å². The number of carboxylic acid groups (broad SMARTS) is 1. The van der Waals surface area contributed by atoms with Crippen LogP contribution in [0.4, 0.5) is 4.79 Å². The maximum atomic E-state index is 12.3. The van der Waals surface area contributed by atoms with Crippen LogP contribution in [-0.4, -0.2) is 46.4 Å². The lowest BCUT2D eigenvalue weighted by atomic mass is 9.98. The highest BCUT2D eigenvalue weighted by Crippen LogP contribution is 2.09. The first kappa shape index (κ1) is 21.9. The van der Waals surface area contributed by atoms with E-state index in [-0.39, 0.29) is 13.0 Å². The minimum atomic E-state index is -1.41. The predicted octanol–water partition coefficient (Wildman–Crippen LogP) is 0.781. The number of ether oxygens (including phenoxy) is 1. The number of nitrogens with one attached hydrogen (secondary N) is 2. The van der Waals surface area contributed by atoms with Gasteiger partial charge in [-0.2, -0.15) is 5.26 Å². The summed E-state index contributed by atoms with van der Waals surface area (Å²) >= 11 is 0. The first-order valence-corrected chi connectivity index (χ1v) is 8.31. The largest absolute Gasteiger partial charge is 0.480 e. The van der Waals surface area contributed by atoms with Gasteiger partial charge < -0.3 is 25.6 Å². The van der Waals surface area contributed by atoms with Crippen molar-refractivity contribution in [2.24, 2.45) is 5.92 Å². The molecule has 0 bridgehead atoms. The number of benzene rings is 1. The lowest BCUT2D eigenvalue weighted by Crippen LogP contribution is -2.57. The number of rotatable bonds is 9. The van der Waals surface area contributed by atoms with Gasteiger partial charge in [-0.3, -0.25) is 4.79 Å². The number of nitriles is 1. The normalized spacial score (nSPS) is 14.7. The summed E-state index contributed by atoms with van der Waals surface area (Å²) in [6, 6.07) is 7.95. The van der Waals surface area contributed by atoms with Gasteiger partial charge in [-0.15, -0.1) is 0 Å². The third kappa shape index (κ3) is 7.33. The second-order valence-electron chi connectivity index (χ2n) is 6.09. The summed E-state index contributed by atoms with van der Waals surface area (Å²) in [7, 11) is 0. The Morgan fingerprint density at radius 1 is 1.15 bits per heavy atom. The molecule has 1 aromatic carbocycles. The number of aliphatic hydroxyl groups excluding tert-OH is 1. The number of amides is 2. The molecule has 0 unspecified atom stereocenters. The number of aliphatic hydroxyl groups is 1. The topological polar surface area (TPSA) is 149 Å². The number of carboxylic acids is 1. The van der Waals surface area contributed by atoms with Gasteiger partial charge in [-0.1, -0.05) is 37.3 Å². The Hall–Kier alpha value is -3.12. The average Bonchev–Trinajstić information content (AvgIpc) is 2.62. The Labute approximate surface area is 156 Å². The minimum Gasteiger partial charge on any atom is -0.480 e. The smallest absolute Gasteiger partial charge is 0.408 e. The monoisotopic (exact) mass is 377 g/mol. The highest BCUT2D eigenvalue weighted by molar-refractivity contribution is 5.89. The third-order valence-corrected chi connectivity index (χ3v) is 3.80. The zero-order valence-corrected chi connectivity index (χ0v) is 15.1. The van der Waals surface area contributed by atoms with E-state index in [9.17, 15) is 24.6 Å². The molecule has 1 aromatic rings. The van der Waals surface area contributed by atoms with Gasteiger partial charge in [-0.25, -0.2) is 9.59 Å². The molecule has 146 valence electrons. The standard InChI is InChI=1S/C18H23N3O6/c1-11(8-9-19)14(17(24)25)20-16(23)15(12(2)22)21-18(26)27-10-13-6-4-3-5-7-13/h3-7,11-12,14-15,22H,8,10H2,1-2H3,(H,20,23)(H,21,26)(H,24,25)/t11-,12+,14+,15-/m0/s1. The van der Waals surface area contributed by atoms with E-state index < -0.39 is 42.1 Å². The van der Waals surface area contributed by atoms with Crippen LogP contribution in [0.15, 0.2) is 30.3 Å². The van der Waals surface area contributed by atoms with Crippen molar-refractivity contribution in [2.75, 3.05) is 0 Å². The number of hydrogen-bond donors (Lipinski definition) is 4. The molecule has 0 fully saturated rings. The molecular weight excluding hydrogens is 354 g/mol. The first-order valence-electron chi connectivity index (χ1n) is 8.31. The maximum Gasteiger partial charge on any atom is 0.408 e. The van der Waals surface area contributed by atoms with Crippen molar-refractivity contribution in [1.29, 1.82) is 5.26 Å². The summed E-state index contributed by atoms with van der Waals surface area (Å²) in [5, 5.41) is 32.2. The van der Waals surface area contributed by atoms with Gasteiger partial charge in [0.25, 0.3) is 0 Å². The average molecular weight is 377 g/mol. The van der Waals surface area contributed by atoms with Crippen molar-refractivity contribution >= 4 is 18.0 Å². The molecule has 0 heterocycles. The molecule has 0 aliphatic rings. The molecule has 0 aliphatic heterocycles. The number of hydrogen-bond acceptors (Lipinski definition) is 6.